The van der Waals surface area contributed by atoms with Gasteiger partial charge in [-0.1, -0.05) is 81.1 Å². The van der Waals surface area contributed by atoms with Crippen LogP contribution in [0, 0.1) is 0 Å². The third-order valence-corrected chi connectivity index (χ3v) is 11.1. The molecule has 0 heterocycles. The van der Waals surface area contributed by atoms with E-state index >= 15 is 0 Å². The first kappa shape index (κ1) is 25.2. The van der Waals surface area contributed by atoms with Gasteiger partial charge in [0.2, 0.25) is 0 Å². The Bertz CT molecular complexity index is 793. The van der Waals surface area contributed by atoms with Crippen LogP contribution in [-0.4, -0.2) is 24.7 Å². The van der Waals surface area contributed by atoms with Crippen LogP contribution in [-0.2, 0) is 0 Å². The second-order valence-electron chi connectivity index (χ2n) is 7.93. The quantitative estimate of drug-likeness (QED) is 0.232. The van der Waals surface area contributed by atoms with Gasteiger partial charge < -0.3 is 5.11 Å². The molecule has 0 radical (unpaired) electrons. The number of unbranched alkanes of at least 4 members (excludes halogenated alkanes) is 3. The van der Waals surface area contributed by atoms with Gasteiger partial charge in [0.15, 0.2) is 0 Å². The molecular weight excluding hydrogens is 432 g/mol. The minimum Gasteiger partial charge on any atom is -0.870 e. The number of hydrogen-bond acceptors (Lipinski definition) is 2. The van der Waals surface area contributed by atoms with Crippen molar-refractivity contribution in [2.45, 2.75) is 59.3 Å². The largest absolute Gasteiger partial charge is 0.870 e. The van der Waals surface area contributed by atoms with Crippen molar-refractivity contribution in [2.24, 2.45) is 4.99 Å². The molecule has 0 bridgehead atoms. The molecule has 0 N–H and O–H groups in total. The van der Waals surface area contributed by atoms with Crippen LogP contribution in [0.4, 0.5) is 5.69 Å². The van der Waals surface area contributed by atoms with Gasteiger partial charge in [0.25, 0.3) is 0 Å². The van der Waals surface area contributed by atoms with Crippen LogP contribution in [0.15, 0.2) is 41.4 Å². The maximum absolute atomic E-state index is 11.8. The molecule has 2 aromatic rings. The summed E-state index contributed by atoms with van der Waals surface area (Å²) < 4.78 is 0. The summed E-state index contributed by atoms with van der Waals surface area (Å²) in [5.41, 5.74) is 1.80. The Morgan fingerprint density at radius 3 is 1.87 bits per heavy atom. The fraction of sp³-hybridized carbons (Fsp3) is 0.480. The van der Waals surface area contributed by atoms with Gasteiger partial charge in [0.05, 0.1) is 24.2 Å². The van der Waals surface area contributed by atoms with E-state index in [4.69, 9.17) is 23.2 Å². The van der Waals surface area contributed by atoms with Crippen molar-refractivity contribution in [3.8, 4) is 5.75 Å². The normalized spacial score (nSPS) is 12.0. The zero-order chi connectivity index (χ0) is 22.0. The molecule has 0 saturated carbocycles. The average Bonchev–Trinajstić information content (AvgIpc) is 2.76. The highest BCUT2D eigenvalue weighted by Crippen LogP contribution is 2.60. The fourth-order valence-corrected chi connectivity index (χ4v) is 9.59. The van der Waals surface area contributed by atoms with Gasteiger partial charge in [-0.25, -0.2) is 0 Å². The van der Waals surface area contributed by atoms with E-state index in [1.807, 2.05) is 6.21 Å². The van der Waals surface area contributed by atoms with Crippen LogP contribution < -0.4 is 10.4 Å². The third-order valence-electron chi connectivity index (χ3n) is 5.60. The minimum absolute atomic E-state index is 0.110. The topological polar surface area (TPSA) is 35.4 Å². The maximum Gasteiger partial charge on any atom is 0.103 e. The summed E-state index contributed by atoms with van der Waals surface area (Å²) >= 11 is 12.0. The van der Waals surface area contributed by atoms with Gasteiger partial charge in [-0.15, -0.1) is 0 Å². The first-order chi connectivity index (χ1) is 14.5. The predicted molar refractivity (Wildman–Crippen MR) is 135 cm³/mol. The lowest BCUT2D eigenvalue weighted by atomic mass is 10.2. The number of benzene rings is 2. The van der Waals surface area contributed by atoms with Crippen molar-refractivity contribution < 1.29 is 5.11 Å². The van der Waals surface area contributed by atoms with Gasteiger partial charge in [0.1, 0.15) is 5.30 Å². The van der Waals surface area contributed by atoms with E-state index in [9.17, 15) is 5.11 Å². The summed E-state index contributed by atoms with van der Waals surface area (Å²) in [6.45, 7) is 6.86. The molecule has 0 aliphatic rings. The Hall–Kier alpha value is -1.08. The second kappa shape index (κ2) is 12.7. The number of hydrogen-bond donors (Lipinski definition) is 0. The summed E-state index contributed by atoms with van der Waals surface area (Å²) in [5, 5.41) is 13.5. The average molecular weight is 466 g/mol. The summed E-state index contributed by atoms with van der Waals surface area (Å²) in [4.78, 5) is 4.64. The van der Waals surface area contributed by atoms with E-state index in [0.717, 1.165) is 0 Å². The molecule has 2 aromatic carbocycles. The molecule has 0 saturated heterocycles. The molecule has 0 unspecified atom stereocenters. The molecule has 30 heavy (non-hydrogen) atoms. The van der Waals surface area contributed by atoms with Crippen molar-refractivity contribution in [3.63, 3.8) is 0 Å². The first-order valence-corrected chi connectivity index (χ1v) is 14.2. The summed E-state index contributed by atoms with van der Waals surface area (Å²) in [7, 11) is -1.28. The SMILES string of the molecule is CCCC[P+](CCCC)(CCCC)c1ccccc1C=Nc1cc(Cl)c([O-])c(Cl)c1. The maximum atomic E-state index is 11.8. The molecule has 5 heteroatoms. The Balaban J connectivity index is 2.47. The van der Waals surface area contributed by atoms with Crippen LogP contribution in [0.3, 0.4) is 0 Å². The van der Waals surface area contributed by atoms with Crippen molar-refractivity contribution >= 4 is 47.7 Å². The molecule has 0 aromatic heterocycles. The van der Waals surface area contributed by atoms with Crippen molar-refractivity contribution in [1.29, 1.82) is 0 Å². The Kier molecular flexibility index (Phi) is 10.7. The standard InChI is InChI=1S/C25H34Cl2NOP/c1-4-7-14-30(15-8-5-2,16-9-6-3)24-13-11-10-12-20(24)19-28-21-17-22(26)25(29)23(27)18-21/h10-13,17-19H,4-9,14-16H2,1-3H3. The van der Waals surface area contributed by atoms with E-state index in [1.165, 1.54) is 67.9 Å². The van der Waals surface area contributed by atoms with Crippen molar-refractivity contribution in [3.05, 3.63) is 52.0 Å². The van der Waals surface area contributed by atoms with Gasteiger partial charge in [-0.05, 0) is 43.5 Å². The molecular formula is C25H34Cl2NOP. The van der Waals surface area contributed by atoms with Crippen LogP contribution in [0.25, 0.3) is 0 Å². The van der Waals surface area contributed by atoms with Crippen LogP contribution in [0.5, 0.6) is 5.75 Å². The van der Waals surface area contributed by atoms with E-state index in [1.54, 1.807) is 12.1 Å². The number of rotatable bonds is 12. The molecule has 2 nitrogen and oxygen atoms in total. The zero-order valence-corrected chi connectivity index (χ0v) is 20.9. The molecule has 164 valence electrons. The summed E-state index contributed by atoms with van der Waals surface area (Å²) in [6, 6.07) is 11.9. The summed E-state index contributed by atoms with van der Waals surface area (Å²) in [6.07, 6.45) is 13.4. The molecule has 0 aliphatic carbocycles. The van der Waals surface area contributed by atoms with Gasteiger partial charge in [-0.2, -0.15) is 0 Å². The predicted octanol–water partition coefficient (Wildman–Crippen LogP) is 7.86. The zero-order valence-electron chi connectivity index (χ0n) is 18.5. The van der Waals surface area contributed by atoms with Crippen molar-refractivity contribution in [1.82, 2.24) is 0 Å². The lowest BCUT2D eigenvalue weighted by Crippen LogP contribution is -2.24. The Labute approximate surface area is 193 Å². The van der Waals surface area contributed by atoms with E-state index < -0.39 is 7.26 Å². The summed E-state index contributed by atoms with van der Waals surface area (Å²) in [5.74, 6) is -0.346. The highest BCUT2D eigenvalue weighted by atomic mass is 35.5. The number of halogens is 2. The first-order valence-electron chi connectivity index (χ1n) is 11.1. The molecule has 0 spiro atoms. The minimum atomic E-state index is -1.28. The molecule has 0 amide bonds. The smallest absolute Gasteiger partial charge is 0.103 e. The fourth-order valence-electron chi connectivity index (χ4n) is 3.87. The third kappa shape index (κ3) is 6.71. The number of nitrogens with zero attached hydrogens (tertiary/aromatic N) is 1. The van der Waals surface area contributed by atoms with Crippen molar-refractivity contribution in [2.75, 3.05) is 18.5 Å². The number of aliphatic imine (C=N–C) groups is 1. The monoisotopic (exact) mass is 465 g/mol. The lowest BCUT2D eigenvalue weighted by Gasteiger charge is -2.29. The molecule has 0 atom stereocenters. The van der Waals surface area contributed by atoms with Gasteiger partial charge in [0, 0.05) is 29.1 Å². The van der Waals surface area contributed by atoms with Crippen LogP contribution in [0.1, 0.15) is 64.9 Å². The molecule has 0 aliphatic heterocycles. The van der Waals surface area contributed by atoms with Gasteiger partial charge >= 0.3 is 0 Å². The van der Waals surface area contributed by atoms with Crippen LogP contribution in [0.2, 0.25) is 10.0 Å². The highest BCUT2D eigenvalue weighted by molar-refractivity contribution is 7.83. The van der Waals surface area contributed by atoms with Crippen LogP contribution >= 0.6 is 30.5 Å². The highest BCUT2D eigenvalue weighted by Gasteiger charge is 2.39. The Morgan fingerprint density at radius 2 is 1.37 bits per heavy atom. The molecule has 2 rings (SSSR count). The molecule has 0 fully saturated rings. The Morgan fingerprint density at radius 1 is 0.867 bits per heavy atom. The second-order valence-corrected chi connectivity index (χ2v) is 12.9. The lowest BCUT2D eigenvalue weighted by molar-refractivity contribution is -0.268. The van der Waals surface area contributed by atoms with E-state index in [2.05, 4.69) is 50.0 Å². The van der Waals surface area contributed by atoms with E-state index in [0.29, 0.717) is 5.69 Å². The van der Waals surface area contributed by atoms with Gasteiger partial charge in [-0.3, -0.25) is 4.99 Å². The van der Waals surface area contributed by atoms with E-state index in [-0.39, 0.29) is 15.8 Å².